The summed E-state index contributed by atoms with van der Waals surface area (Å²) in [7, 11) is 3.12. The number of pyridine rings is 1. The molecule has 0 radical (unpaired) electrons. The van der Waals surface area contributed by atoms with Gasteiger partial charge in [0.25, 0.3) is 0 Å². The Labute approximate surface area is 172 Å². The van der Waals surface area contributed by atoms with Gasteiger partial charge in [-0.25, -0.2) is 4.39 Å². The summed E-state index contributed by atoms with van der Waals surface area (Å²) in [5.74, 6) is 0.742. The highest BCUT2D eigenvalue weighted by Crippen LogP contribution is 2.43. The van der Waals surface area contributed by atoms with Crippen LogP contribution < -0.4 is 14.9 Å². The summed E-state index contributed by atoms with van der Waals surface area (Å²) in [6, 6.07) is 17.6. The van der Waals surface area contributed by atoms with E-state index in [4.69, 9.17) is 9.47 Å². The Morgan fingerprint density at radius 2 is 1.37 bits per heavy atom. The largest absolute Gasteiger partial charge is 0.496 e. The molecule has 3 aromatic carbocycles. The highest BCUT2D eigenvalue weighted by molar-refractivity contribution is 6.11. The summed E-state index contributed by atoms with van der Waals surface area (Å²) >= 11 is 0. The maximum absolute atomic E-state index is 13.5. The SMILES string of the molecule is COc1cc(OC)c2c(=O)c(-c3ccccc3)cn3cc(-c4ccc(F)cc4)c1c23. The zero-order chi connectivity index (χ0) is 20.8. The number of hydrogen-bond acceptors (Lipinski definition) is 3. The molecule has 2 heterocycles. The van der Waals surface area contributed by atoms with Crippen LogP contribution in [0.3, 0.4) is 0 Å². The molecule has 0 spiro atoms. The van der Waals surface area contributed by atoms with Crippen LogP contribution in [0.5, 0.6) is 11.5 Å². The van der Waals surface area contributed by atoms with E-state index >= 15 is 0 Å². The van der Waals surface area contributed by atoms with Crippen molar-refractivity contribution in [2.24, 2.45) is 0 Å². The van der Waals surface area contributed by atoms with Crippen molar-refractivity contribution in [1.29, 1.82) is 0 Å². The van der Waals surface area contributed by atoms with Gasteiger partial charge in [0.2, 0.25) is 5.43 Å². The molecule has 4 nitrogen and oxygen atoms in total. The highest BCUT2D eigenvalue weighted by atomic mass is 19.1. The zero-order valence-corrected chi connectivity index (χ0v) is 16.5. The van der Waals surface area contributed by atoms with Crippen molar-refractivity contribution in [3.05, 3.63) is 89.1 Å². The fraction of sp³-hybridized carbons (Fsp3) is 0.0800. The van der Waals surface area contributed by atoms with Gasteiger partial charge in [-0.3, -0.25) is 4.79 Å². The molecule has 0 bridgehead atoms. The van der Waals surface area contributed by atoms with E-state index in [1.54, 1.807) is 32.4 Å². The molecule has 0 unspecified atom stereocenters. The minimum Gasteiger partial charge on any atom is -0.496 e. The highest BCUT2D eigenvalue weighted by Gasteiger charge is 2.23. The number of benzene rings is 3. The predicted octanol–water partition coefficient (Wildman–Crippen LogP) is 5.38. The lowest BCUT2D eigenvalue weighted by atomic mass is 10.00. The lowest BCUT2D eigenvalue weighted by Crippen LogP contribution is -2.09. The molecule has 5 rings (SSSR count). The van der Waals surface area contributed by atoms with Crippen LogP contribution in [-0.2, 0) is 0 Å². The molecule has 2 aromatic heterocycles. The first-order valence-electron chi connectivity index (χ1n) is 9.49. The van der Waals surface area contributed by atoms with E-state index in [1.807, 2.05) is 47.1 Å². The van der Waals surface area contributed by atoms with Gasteiger partial charge in [-0.05, 0) is 23.3 Å². The van der Waals surface area contributed by atoms with Crippen molar-refractivity contribution >= 4 is 16.3 Å². The number of ether oxygens (including phenoxy) is 2. The van der Waals surface area contributed by atoms with E-state index in [1.165, 1.54) is 12.1 Å². The summed E-state index contributed by atoms with van der Waals surface area (Å²) in [4.78, 5) is 13.5. The molecule has 5 aromatic rings. The second kappa shape index (κ2) is 6.88. The lowest BCUT2D eigenvalue weighted by molar-refractivity contribution is 0.400. The number of nitrogens with zero attached hydrogens (tertiary/aromatic N) is 1. The minimum absolute atomic E-state index is 0.109. The van der Waals surface area contributed by atoms with Crippen LogP contribution in [0.15, 0.2) is 77.9 Å². The first kappa shape index (κ1) is 18.2. The molecule has 0 aliphatic carbocycles. The van der Waals surface area contributed by atoms with Crippen LogP contribution in [0.4, 0.5) is 4.39 Å². The van der Waals surface area contributed by atoms with Crippen molar-refractivity contribution in [2.75, 3.05) is 14.2 Å². The molecular weight excluding hydrogens is 381 g/mol. The minimum atomic E-state index is -0.303. The number of halogens is 1. The zero-order valence-electron chi connectivity index (χ0n) is 16.5. The van der Waals surface area contributed by atoms with E-state index in [0.717, 1.165) is 27.6 Å². The van der Waals surface area contributed by atoms with Crippen LogP contribution in [0.25, 0.3) is 38.5 Å². The molecule has 0 N–H and O–H groups in total. The summed E-state index contributed by atoms with van der Waals surface area (Å²) in [6.07, 6.45) is 3.78. The second-order valence-electron chi connectivity index (χ2n) is 7.07. The smallest absolute Gasteiger partial charge is 0.200 e. The molecule has 5 heteroatoms. The standard InChI is InChI=1S/C25H18FNO3/c1-29-20-12-21(30-2)23-24-22(20)18(16-8-10-17(26)11-9-16)13-27(24)14-19(25(23)28)15-6-4-3-5-7-15/h3-14H,1-2H3. The molecule has 30 heavy (non-hydrogen) atoms. The van der Waals surface area contributed by atoms with Crippen LogP contribution in [0, 0.1) is 5.82 Å². The Hall–Kier alpha value is -3.86. The third-order valence-corrected chi connectivity index (χ3v) is 5.44. The maximum atomic E-state index is 13.5. The quantitative estimate of drug-likeness (QED) is 0.407. The Balaban J connectivity index is 1.95. The van der Waals surface area contributed by atoms with Gasteiger partial charge < -0.3 is 13.9 Å². The van der Waals surface area contributed by atoms with Gasteiger partial charge in [0.05, 0.1) is 30.5 Å². The van der Waals surface area contributed by atoms with Gasteiger partial charge in [0, 0.05) is 29.6 Å². The Kier molecular flexibility index (Phi) is 4.17. The van der Waals surface area contributed by atoms with Crippen LogP contribution in [0.2, 0.25) is 0 Å². The first-order valence-corrected chi connectivity index (χ1v) is 9.49. The van der Waals surface area contributed by atoms with Gasteiger partial charge in [0.1, 0.15) is 17.3 Å². The van der Waals surface area contributed by atoms with Crippen molar-refractivity contribution in [3.8, 4) is 33.8 Å². The summed E-state index contributed by atoms with van der Waals surface area (Å²) in [5, 5.41) is 1.28. The van der Waals surface area contributed by atoms with E-state index < -0.39 is 0 Å². The monoisotopic (exact) mass is 399 g/mol. The van der Waals surface area contributed by atoms with Crippen LogP contribution in [-0.4, -0.2) is 18.6 Å². The molecule has 0 aliphatic heterocycles. The third-order valence-electron chi connectivity index (χ3n) is 5.44. The van der Waals surface area contributed by atoms with Gasteiger partial charge in [0.15, 0.2) is 0 Å². The topological polar surface area (TPSA) is 39.9 Å². The Morgan fingerprint density at radius 3 is 2.03 bits per heavy atom. The van der Waals surface area contributed by atoms with Crippen molar-refractivity contribution in [1.82, 2.24) is 4.40 Å². The molecule has 0 fully saturated rings. The van der Waals surface area contributed by atoms with Crippen molar-refractivity contribution < 1.29 is 13.9 Å². The summed E-state index contributed by atoms with van der Waals surface area (Å²) < 4.78 is 26.6. The Morgan fingerprint density at radius 1 is 0.767 bits per heavy atom. The number of aromatic nitrogens is 1. The normalized spacial score (nSPS) is 11.3. The van der Waals surface area contributed by atoms with Crippen LogP contribution in [0.1, 0.15) is 0 Å². The van der Waals surface area contributed by atoms with E-state index in [0.29, 0.717) is 22.4 Å². The molecule has 0 atom stereocenters. The molecule has 0 saturated carbocycles. The summed E-state index contributed by atoms with van der Waals surface area (Å²) in [6.45, 7) is 0. The maximum Gasteiger partial charge on any atom is 0.200 e. The van der Waals surface area contributed by atoms with E-state index in [-0.39, 0.29) is 11.2 Å². The van der Waals surface area contributed by atoms with Gasteiger partial charge in [-0.1, -0.05) is 42.5 Å². The molecular formula is C25H18FNO3. The fourth-order valence-electron chi connectivity index (χ4n) is 4.06. The van der Waals surface area contributed by atoms with Gasteiger partial charge >= 0.3 is 0 Å². The van der Waals surface area contributed by atoms with Crippen molar-refractivity contribution in [3.63, 3.8) is 0 Å². The third kappa shape index (κ3) is 2.63. The number of rotatable bonds is 4. The second-order valence-corrected chi connectivity index (χ2v) is 7.07. The summed E-state index contributed by atoms with van der Waals surface area (Å²) in [5.41, 5.74) is 3.70. The molecule has 0 aliphatic rings. The van der Waals surface area contributed by atoms with E-state index in [2.05, 4.69) is 0 Å². The molecule has 0 saturated heterocycles. The molecule has 0 amide bonds. The van der Waals surface area contributed by atoms with E-state index in [9.17, 15) is 9.18 Å². The predicted molar refractivity (Wildman–Crippen MR) is 116 cm³/mol. The lowest BCUT2D eigenvalue weighted by Gasteiger charge is -2.12. The van der Waals surface area contributed by atoms with Gasteiger partial charge in [-0.15, -0.1) is 0 Å². The first-order chi connectivity index (χ1) is 14.6. The Bertz CT molecular complexity index is 1420. The number of hydrogen-bond donors (Lipinski definition) is 0. The van der Waals surface area contributed by atoms with Crippen molar-refractivity contribution in [2.45, 2.75) is 0 Å². The average Bonchev–Trinajstić information content (AvgIpc) is 3.16. The number of methoxy groups -OCH3 is 2. The molecule has 148 valence electrons. The fourth-order valence-corrected chi connectivity index (χ4v) is 4.06. The van der Waals surface area contributed by atoms with Gasteiger partial charge in [-0.2, -0.15) is 0 Å². The van der Waals surface area contributed by atoms with Crippen LogP contribution >= 0.6 is 0 Å². The average molecular weight is 399 g/mol.